The van der Waals surface area contributed by atoms with Gasteiger partial charge in [-0.15, -0.1) is 0 Å². The van der Waals surface area contributed by atoms with Crippen molar-refractivity contribution in [2.45, 2.75) is 18.1 Å². The SMILES string of the molecule is Cn1ncnc1NS(=O)(=O)C1CCCNC1. The molecule has 0 amide bonds. The molecule has 1 fully saturated rings. The summed E-state index contributed by atoms with van der Waals surface area (Å²) in [4.78, 5) is 3.84. The smallest absolute Gasteiger partial charge is 0.239 e. The van der Waals surface area contributed by atoms with Crippen LogP contribution in [0.5, 0.6) is 0 Å². The van der Waals surface area contributed by atoms with Gasteiger partial charge in [-0.3, -0.25) is 4.72 Å². The van der Waals surface area contributed by atoms with Crippen molar-refractivity contribution in [1.29, 1.82) is 0 Å². The summed E-state index contributed by atoms with van der Waals surface area (Å²) in [7, 11) is -1.72. The van der Waals surface area contributed by atoms with Crippen LogP contribution in [-0.4, -0.2) is 41.5 Å². The predicted octanol–water partition coefficient (Wildman–Crippen LogP) is -0.691. The first-order valence-electron chi connectivity index (χ1n) is 5.16. The minimum absolute atomic E-state index is 0.255. The number of rotatable bonds is 3. The fraction of sp³-hybridized carbons (Fsp3) is 0.750. The molecule has 16 heavy (non-hydrogen) atoms. The van der Waals surface area contributed by atoms with Crippen molar-refractivity contribution < 1.29 is 8.42 Å². The number of sulfonamides is 1. The zero-order chi connectivity index (χ0) is 11.6. The van der Waals surface area contributed by atoms with E-state index in [0.717, 1.165) is 13.0 Å². The van der Waals surface area contributed by atoms with Gasteiger partial charge in [-0.05, 0) is 19.4 Å². The molecule has 0 aliphatic carbocycles. The van der Waals surface area contributed by atoms with Crippen LogP contribution in [0.4, 0.5) is 5.95 Å². The Morgan fingerprint density at radius 2 is 2.44 bits per heavy atom. The molecule has 1 aromatic heterocycles. The van der Waals surface area contributed by atoms with Gasteiger partial charge in [-0.2, -0.15) is 10.1 Å². The molecule has 1 aliphatic heterocycles. The first-order valence-corrected chi connectivity index (χ1v) is 6.70. The Bertz CT molecular complexity index is 449. The molecular weight excluding hydrogens is 230 g/mol. The summed E-state index contributed by atoms with van der Waals surface area (Å²) in [5.74, 6) is 0.255. The maximum atomic E-state index is 12.0. The normalized spacial score (nSPS) is 21.9. The van der Waals surface area contributed by atoms with Gasteiger partial charge in [0.2, 0.25) is 16.0 Å². The summed E-state index contributed by atoms with van der Waals surface area (Å²) in [5, 5.41) is 6.49. The molecule has 2 heterocycles. The number of nitrogens with zero attached hydrogens (tertiary/aromatic N) is 3. The molecule has 7 nitrogen and oxygen atoms in total. The molecule has 0 saturated carbocycles. The van der Waals surface area contributed by atoms with E-state index in [0.29, 0.717) is 13.0 Å². The van der Waals surface area contributed by atoms with E-state index in [4.69, 9.17) is 0 Å². The van der Waals surface area contributed by atoms with Crippen molar-refractivity contribution in [2.24, 2.45) is 7.05 Å². The molecule has 1 atom stereocenters. The number of aryl methyl sites for hydroxylation is 1. The Kier molecular flexibility index (Phi) is 3.10. The van der Waals surface area contributed by atoms with Crippen LogP contribution < -0.4 is 10.0 Å². The zero-order valence-corrected chi connectivity index (χ0v) is 9.87. The summed E-state index contributed by atoms with van der Waals surface area (Å²) < 4.78 is 27.8. The van der Waals surface area contributed by atoms with Crippen LogP contribution in [0.1, 0.15) is 12.8 Å². The summed E-state index contributed by atoms with van der Waals surface area (Å²) in [6.07, 6.45) is 2.88. The maximum absolute atomic E-state index is 12.0. The molecule has 8 heteroatoms. The van der Waals surface area contributed by atoms with E-state index in [1.165, 1.54) is 11.0 Å². The topological polar surface area (TPSA) is 88.9 Å². The second-order valence-corrected chi connectivity index (χ2v) is 5.78. The number of nitrogens with one attached hydrogen (secondary N) is 2. The summed E-state index contributed by atoms with van der Waals surface area (Å²) in [6, 6.07) is 0. The second-order valence-electron chi connectivity index (χ2n) is 3.82. The van der Waals surface area contributed by atoms with E-state index < -0.39 is 15.3 Å². The van der Waals surface area contributed by atoms with Crippen LogP contribution in [0.15, 0.2) is 6.33 Å². The van der Waals surface area contributed by atoms with Gasteiger partial charge in [0.15, 0.2) is 0 Å². The van der Waals surface area contributed by atoms with Crippen LogP contribution in [-0.2, 0) is 17.1 Å². The zero-order valence-electron chi connectivity index (χ0n) is 9.05. The molecule has 1 saturated heterocycles. The van der Waals surface area contributed by atoms with Gasteiger partial charge in [0.25, 0.3) is 0 Å². The average molecular weight is 245 g/mol. The number of aromatic nitrogens is 3. The van der Waals surface area contributed by atoms with Gasteiger partial charge in [0, 0.05) is 13.6 Å². The molecule has 0 bridgehead atoms. The van der Waals surface area contributed by atoms with Crippen molar-refractivity contribution in [3.05, 3.63) is 6.33 Å². The Labute approximate surface area is 94.3 Å². The van der Waals surface area contributed by atoms with Crippen molar-refractivity contribution in [2.75, 3.05) is 17.8 Å². The van der Waals surface area contributed by atoms with Gasteiger partial charge in [-0.25, -0.2) is 13.1 Å². The first kappa shape index (κ1) is 11.3. The third-order valence-electron chi connectivity index (χ3n) is 2.64. The molecule has 0 spiro atoms. The lowest BCUT2D eigenvalue weighted by Gasteiger charge is -2.22. The molecule has 0 aromatic carbocycles. The van der Waals surface area contributed by atoms with Crippen molar-refractivity contribution in [1.82, 2.24) is 20.1 Å². The van der Waals surface area contributed by atoms with Crippen LogP contribution in [0.2, 0.25) is 0 Å². The van der Waals surface area contributed by atoms with E-state index in [2.05, 4.69) is 20.1 Å². The van der Waals surface area contributed by atoms with Gasteiger partial charge < -0.3 is 5.32 Å². The lowest BCUT2D eigenvalue weighted by molar-refractivity contribution is 0.499. The highest BCUT2D eigenvalue weighted by Crippen LogP contribution is 2.14. The van der Waals surface area contributed by atoms with Gasteiger partial charge in [-0.1, -0.05) is 0 Å². The molecule has 1 unspecified atom stereocenters. The summed E-state index contributed by atoms with van der Waals surface area (Å²) in [6.45, 7) is 1.38. The van der Waals surface area contributed by atoms with Crippen molar-refractivity contribution in [3.63, 3.8) is 0 Å². The lowest BCUT2D eigenvalue weighted by Crippen LogP contribution is -2.41. The van der Waals surface area contributed by atoms with Crippen LogP contribution in [0.25, 0.3) is 0 Å². The van der Waals surface area contributed by atoms with E-state index >= 15 is 0 Å². The van der Waals surface area contributed by atoms with E-state index in [-0.39, 0.29) is 5.95 Å². The molecule has 2 rings (SSSR count). The standard InChI is InChI=1S/C8H15N5O2S/c1-13-8(10-6-11-13)12-16(14,15)7-3-2-4-9-5-7/h6-7,9H,2-5H2,1H3,(H,10,11,12). The third-order valence-corrected chi connectivity index (χ3v) is 4.38. The Balaban J connectivity index is 2.10. The molecule has 1 aromatic rings. The molecule has 0 radical (unpaired) electrons. The fourth-order valence-corrected chi connectivity index (χ4v) is 3.10. The second kappa shape index (κ2) is 4.38. The van der Waals surface area contributed by atoms with Gasteiger partial charge in [0.1, 0.15) is 6.33 Å². The molecular formula is C8H15N5O2S. The number of anilines is 1. The Hall–Kier alpha value is -1.15. The summed E-state index contributed by atoms with van der Waals surface area (Å²) >= 11 is 0. The van der Waals surface area contributed by atoms with Crippen molar-refractivity contribution in [3.8, 4) is 0 Å². The van der Waals surface area contributed by atoms with Gasteiger partial charge in [0.05, 0.1) is 5.25 Å². The highest BCUT2D eigenvalue weighted by molar-refractivity contribution is 7.93. The largest absolute Gasteiger partial charge is 0.315 e. The Morgan fingerprint density at radius 1 is 1.62 bits per heavy atom. The highest BCUT2D eigenvalue weighted by atomic mass is 32.2. The third kappa shape index (κ3) is 2.33. The fourth-order valence-electron chi connectivity index (χ4n) is 1.68. The minimum Gasteiger partial charge on any atom is -0.315 e. The quantitative estimate of drug-likeness (QED) is 0.735. The Morgan fingerprint density at radius 3 is 3.00 bits per heavy atom. The average Bonchev–Trinajstić information content (AvgIpc) is 2.65. The molecule has 2 N–H and O–H groups in total. The number of hydrogen-bond acceptors (Lipinski definition) is 5. The molecule has 1 aliphatic rings. The lowest BCUT2D eigenvalue weighted by atomic mass is 10.2. The number of hydrogen-bond donors (Lipinski definition) is 2. The predicted molar refractivity (Wildman–Crippen MR) is 59.4 cm³/mol. The maximum Gasteiger partial charge on any atom is 0.239 e. The van der Waals surface area contributed by atoms with Crippen molar-refractivity contribution >= 4 is 16.0 Å². The van der Waals surface area contributed by atoms with Crippen LogP contribution in [0, 0.1) is 0 Å². The van der Waals surface area contributed by atoms with E-state index in [9.17, 15) is 8.42 Å². The minimum atomic E-state index is -3.36. The number of piperidine rings is 1. The molecule has 90 valence electrons. The first-order chi connectivity index (χ1) is 7.59. The summed E-state index contributed by atoms with van der Waals surface area (Å²) in [5.41, 5.74) is 0. The van der Waals surface area contributed by atoms with Crippen LogP contribution >= 0.6 is 0 Å². The van der Waals surface area contributed by atoms with E-state index in [1.54, 1.807) is 7.05 Å². The monoisotopic (exact) mass is 245 g/mol. The van der Waals surface area contributed by atoms with Crippen LogP contribution in [0.3, 0.4) is 0 Å². The highest BCUT2D eigenvalue weighted by Gasteiger charge is 2.28. The van der Waals surface area contributed by atoms with Gasteiger partial charge >= 0.3 is 0 Å². The van der Waals surface area contributed by atoms with E-state index in [1.807, 2.05) is 0 Å².